The summed E-state index contributed by atoms with van der Waals surface area (Å²) in [5.41, 5.74) is 1.27. The highest BCUT2D eigenvalue weighted by Crippen LogP contribution is 2.12. The maximum absolute atomic E-state index is 11.6. The molecule has 3 nitrogen and oxygen atoms in total. The van der Waals surface area contributed by atoms with Gasteiger partial charge in [0.15, 0.2) is 6.61 Å². The van der Waals surface area contributed by atoms with Crippen LogP contribution in [0.3, 0.4) is 0 Å². The predicted octanol–water partition coefficient (Wildman–Crippen LogP) is 2.93. The van der Waals surface area contributed by atoms with Crippen molar-refractivity contribution in [2.45, 2.75) is 46.1 Å². The van der Waals surface area contributed by atoms with E-state index in [9.17, 15) is 4.79 Å². The first kappa shape index (κ1) is 14.6. The van der Waals surface area contributed by atoms with E-state index in [4.69, 9.17) is 4.74 Å². The lowest BCUT2D eigenvalue weighted by Gasteiger charge is -2.13. The van der Waals surface area contributed by atoms with Crippen LogP contribution in [0, 0.1) is 0 Å². The zero-order chi connectivity index (χ0) is 13.4. The fraction of sp³-hybridized carbons (Fsp3) is 0.533. The molecule has 1 N–H and O–H groups in total. The van der Waals surface area contributed by atoms with Crippen LogP contribution in [-0.2, 0) is 11.2 Å². The Labute approximate surface area is 110 Å². The van der Waals surface area contributed by atoms with Gasteiger partial charge in [-0.05, 0) is 37.5 Å². The quantitative estimate of drug-likeness (QED) is 0.807. The summed E-state index contributed by atoms with van der Waals surface area (Å²) < 4.78 is 5.43. The topological polar surface area (TPSA) is 38.3 Å². The summed E-state index contributed by atoms with van der Waals surface area (Å²) >= 11 is 0. The number of hydrogen-bond acceptors (Lipinski definition) is 2. The van der Waals surface area contributed by atoms with Crippen LogP contribution in [0.5, 0.6) is 5.75 Å². The van der Waals surface area contributed by atoms with Crippen LogP contribution in [0.1, 0.15) is 39.2 Å². The molecule has 0 radical (unpaired) electrons. The minimum absolute atomic E-state index is 0.0597. The van der Waals surface area contributed by atoms with Gasteiger partial charge in [-0.3, -0.25) is 4.79 Å². The monoisotopic (exact) mass is 249 g/mol. The van der Waals surface area contributed by atoms with Crippen molar-refractivity contribution >= 4 is 5.91 Å². The maximum atomic E-state index is 11.6. The lowest BCUT2D eigenvalue weighted by atomic mass is 10.2. The van der Waals surface area contributed by atoms with E-state index >= 15 is 0 Å². The maximum Gasteiger partial charge on any atom is 0.258 e. The average Bonchev–Trinajstić information content (AvgIpc) is 2.37. The van der Waals surface area contributed by atoms with Gasteiger partial charge in [-0.1, -0.05) is 32.4 Å². The third-order valence-electron chi connectivity index (χ3n) is 2.83. The van der Waals surface area contributed by atoms with E-state index in [-0.39, 0.29) is 18.6 Å². The van der Waals surface area contributed by atoms with E-state index in [1.165, 1.54) is 5.56 Å². The smallest absolute Gasteiger partial charge is 0.258 e. The molecule has 0 aliphatic rings. The zero-order valence-electron chi connectivity index (χ0n) is 11.5. The molecule has 0 aromatic heterocycles. The number of benzene rings is 1. The van der Waals surface area contributed by atoms with Gasteiger partial charge in [0.05, 0.1) is 0 Å². The van der Waals surface area contributed by atoms with E-state index in [0.717, 1.165) is 25.0 Å². The van der Waals surface area contributed by atoms with Crippen molar-refractivity contribution in [2.24, 2.45) is 0 Å². The molecule has 1 amide bonds. The Hall–Kier alpha value is -1.51. The molecule has 0 heterocycles. The first-order valence-corrected chi connectivity index (χ1v) is 6.66. The van der Waals surface area contributed by atoms with Gasteiger partial charge in [-0.15, -0.1) is 0 Å². The van der Waals surface area contributed by atoms with Crippen molar-refractivity contribution in [3.63, 3.8) is 0 Å². The number of carbonyl (C=O) groups excluding carboxylic acids is 1. The van der Waals surface area contributed by atoms with Crippen molar-refractivity contribution in [3.8, 4) is 5.75 Å². The number of carbonyl (C=O) groups is 1. The van der Waals surface area contributed by atoms with Crippen LogP contribution in [-0.4, -0.2) is 18.6 Å². The number of hydrogen-bond donors (Lipinski definition) is 1. The largest absolute Gasteiger partial charge is 0.484 e. The molecule has 100 valence electrons. The average molecular weight is 249 g/mol. The summed E-state index contributed by atoms with van der Waals surface area (Å²) in [6, 6.07) is 8.07. The van der Waals surface area contributed by atoms with Crippen LogP contribution < -0.4 is 10.1 Å². The highest BCUT2D eigenvalue weighted by molar-refractivity contribution is 5.77. The molecule has 0 saturated heterocycles. The molecular formula is C15H23NO2. The highest BCUT2D eigenvalue weighted by Gasteiger charge is 2.06. The van der Waals surface area contributed by atoms with Crippen molar-refractivity contribution in [1.29, 1.82) is 0 Å². The van der Waals surface area contributed by atoms with E-state index in [0.29, 0.717) is 0 Å². The Morgan fingerprint density at radius 3 is 2.50 bits per heavy atom. The Morgan fingerprint density at radius 1 is 1.28 bits per heavy atom. The third-order valence-corrected chi connectivity index (χ3v) is 2.83. The summed E-state index contributed by atoms with van der Waals surface area (Å²) in [6.45, 7) is 6.31. The van der Waals surface area contributed by atoms with Gasteiger partial charge >= 0.3 is 0 Å². The third kappa shape index (κ3) is 5.21. The number of ether oxygens (including phenoxy) is 1. The normalized spacial score (nSPS) is 11.9. The van der Waals surface area contributed by atoms with Crippen molar-refractivity contribution < 1.29 is 9.53 Å². The molecule has 0 aliphatic heterocycles. The number of nitrogens with one attached hydrogen (secondary N) is 1. The Kier molecular flexibility index (Phi) is 6.26. The van der Waals surface area contributed by atoms with Gasteiger partial charge in [0.1, 0.15) is 5.75 Å². The molecule has 1 rings (SSSR count). The molecule has 0 saturated carbocycles. The second-order valence-electron chi connectivity index (χ2n) is 4.54. The fourth-order valence-electron chi connectivity index (χ4n) is 1.79. The van der Waals surface area contributed by atoms with Crippen LogP contribution in [0.15, 0.2) is 24.3 Å². The molecule has 18 heavy (non-hydrogen) atoms. The molecule has 0 fully saturated rings. The minimum Gasteiger partial charge on any atom is -0.484 e. The Bertz CT molecular complexity index is 359. The van der Waals surface area contributed by atoms with E-state index in [1.807, 2.05) is 31.2 Å². The first-order chi connectivity index (χ1) is 8.65. The molecule has 0 aliphatic carbocycles. The fourth-order valence-corrected chi connectivity index (χ4v) is 1.79. The van der Waals surface area contributed by atoms with Crippen LogP contribution in [0.25, 0.3) is 0 Å². The molecule has 1 aromatic rings. The molecule has 3 heteroatoms. The molecular weight excluding hydrogens is 226 g/mol. The summed E-state index contributed by atoms with van der Waals surface area (Å²) in [5.74, 6) is 0.681. The number of rotatable bonds is 7. The summed E-state index contributed by atoms with van der Waals surface area (Å²) in [5, 5.41) is 2.91. The second-order valence-corrected chi connectivity index (χ2v) is 4.54. The summed E-state index contributed by atoms with van der Waals surface area (Å²) in [4.78, 5) is 11.6. The Morgan fingerprint density at radius 2 is 1.94 bits per heavy atom. The number of aryl methyl sites for hydroxylation is 1. The van der Waals surface area contributed by atoms with Gasteiger partial charge in [0.25, 0.3) is 5.91 Å². The van der Waals surface area contributed by atoms with E-state index < -0.39 is 0 Å². The zero-order valence-corrected chi connectivity index (χ0v) is 11.5. The highest BCUT2D eigenvalue weighted by atomic mass is 16.5. The van der Waals surface area contributed by atoms with E-state index in [2.05, 4.69) is 19.2 Å². The second kappa shape index (κ2) is 7.75. The number of amides is 1. The van der Waals surface area contributed by atoms with E-state index in [1.54, 1.807) is 0 Å². The van der Waals surface area contributed by atoms with Gasteiger partial charge < -0.3 is 10.1 Å². The lowest BCUT2D eigenvalue weighted by Crippen LogP contribution is -2.35. The standard InChI is InChI=1S/C15H23NO2/c1-4-6-12(3)16-15(17)11-18-14-9-7-13(5-2)8-10-14/h7-10,12H,4-6,11H2,1-3H3,(H,16,17). The van der Waals surface area contributed by atoms with Crippen LogP contribution >= 0.6 is 0 Å². The lowest BCUT2D eigenvalue weighted by molar-refractivity contribution is -0.123. The van der Waals surface area contributed by atoms with Crippen molar-refractivity contribution in [1.82, 2.24) is 5.32 Å². The van der Waals surface area contributed by atoms with Crippen molar-refractivity contribution in [2.75, 3.05) is 6.61 Å². The van der Waals surface area contributed by atoms with Gasteiger partial charge in [0.2, 0.25) is 0 Å². The molecule has 0 spiro atoms. The molecule has 0 bridgehead atoms. The van der Waals surface area contributed by atoms with Gasteiger partial charge in [0, 0.05) is 6.04 Å². The van der Waals surface area contributed by atoms with Crippen molar-refractivity contribution in [3.05, 3.63) is 29.8 Å². The minimum atomic E-state index is -0.0597. The predicted molar refractivity (Wildman–Crippen MR) is 73.8 cm³/mol. The summed E-state index contributed by atoms with van der Waals surface area (Å²) in [7, 11) is 0. The summed E-state index contributed by atoms with van der Waals surface area (Å²) in [6.07, 6.45) is 3.08. The van der Waals surface area contributed by atoms with Crippen LogP contribution in [0.4, 0.5) is 0 Å². The Balaban J connectivity index is 2.33. The van der Waals surface area contributed by atoms with Gasteiger partial charge in [-0.2, -0.15) is 0 Å². The molecule has 1 unspecified atom stereocenters. The molecule has 1 aromatic carbocycles. The SMILES string of the molecule is CCCC(C)NC(=O)COc1ccc(CC)cc1. The van der Waals surface area contributed by atoms with Crippen LogP contribution in [0.2, 0.25) is 0 Å². The molecule has 1 atom stereocenters. The first-order valence-electron chi connectivity index (χ1n) is 6.66. The van der Waals surface area contributed by atoms with Gasteiger partial charge in [-0.25, -0.2) is 0 Å².